The van der Waals surface area contributed by atoms with Gasteiger partial charge in [0.15, 0.2) is 0 Å². The first kappa shape index (κ1) is 14.1. The van der Waals surface area contributed by atoms with Crippen LogP contribution >= 0.6 is 22.9 Å². The zero-order chi connectivity index (χ0) is 13.9. The Labute approximate surface area is 130 Å². The van der Waals surface area contributed by atoms with Crippen LogP contribution < -0.4 is 5.32 Å². The summed E-state index contributed by atoms with van der Waals surface area (Å²) in [6.45, 7) is 2.23. The predicted molar refractivity (Wildman–Crippen MR) is 87.6 cm³/mol. The molecule has 20 heavy (non-hydrogen) atoms. The highest BCUT2D eigenvalue weighted by atomic mass is 35.5. The van der Waals surface area contributed by atoms with Crippen LogP contribution in [-0.2, 0) is 6.42 Å². The maximum absolute atomic E-state index is 6.05. The minimum atomic E-state index is 0.351. The summed E-state index contributed by atoms with van der Waals surface area (Å²) in [4.78, 5) is 1.32. The smallest absolute Gasteiger partial charge is 0.0931 e. The Morgan fingerprint density at radius 1 is 1.20 bits per heavy atom. The average molecular weight is 306 g/mol. The molecule has 1 heterocycles. The highest BCUT2D eigenvalue weighted by Crippen LogP contribution is 2.33. The van der Waals surface area contributed by atoms with E-state index in [-0.39, 0.29) is 0 Å². The number of halogens is 1. The fraction of sp³-hybridized carbons (Fsp3) is 0.412. The Hall–Kier alpha value is -0.830. The molecule has 2 atom stereocenters. The van der Waals surface area contributed by atoms with Crippen molar-refractivity contribution in [1.29, 1.82) is 0 Å². The number of nitrogens with one attached hydrogen (secondary N) is 1. The molecule has 2 unspecified atom stereocenters. The third-order valence-corrected chi connectivity index (χ3v) is 5.51. The molecule has 0 spiro atoms. The van der Waals surface area contributed by atoms with Crippen LogP contribution in [0.4, 0.5) is 0 Å². The Balaban J connectivity index is 1.80. The molecule has 2 aromatic rings. The zero-order valence-electron chi connectivity index (χ0n) is 11.7. The van der Waals surface area contributed by atoms with E-state index in [2.05, 4.69) is 42.6 Å². The molecule has 0 saturated carbocycles. The van der Waals surface area contributed by atoms with Gasteiger partial charge in [0, 0.05) is 17.0 Å². The van der Waals surface area contributed by atoms with Crippen molar-refractivity contribution in [3.63, 3.8) is 0 Å². The van der Waals surface area contributed by atoms with Crippen molar-refractivity contribution in [3.8, 4) is 0 Å². The van der Waals surface area contributed by atoms with Gasteiger partial charge in [-0.3, -0.25) is 0 Å². The highest BCUT2D eigenvalue weighted by molar-refractivity contribution is 7.16. The van der Waals surface area contributed by atoms with E-state index in [9.17, 15) is 0 Å². The third-order valence-electron chi connectivity index (χ3n) is 4.09. The molecule has 106 valence electrons. The van der Waals surface area contributed by atoms with Crippen LogP contribution in [-0.4, -0.2) is 0 Å². The van der Waals surface area contributed by atoms with Gasteiger partial charge < -0.3 is 5.32 Å². The van der Waals surface area contributed by atoms with Crippen LogP contribution in [0.3, 0.4) is 0 Å². The SMILES string of the molecule is CC(NC1CCCCc2ccccc21)c1ccc(Cl)s1. The quantitative estimate of drug-likeness (QED) is 0.736. The van der Waals surface area contributed by atoms with Gasteiger partial charge in [-0.2, -0.15) is 0 Å². The molecule has 1 N–H and O–H groups in total. The van der Waals surface area contributed by atoms with E-state index in [0.29, 0.717) is 12.1 Å². The third kappa shape index (κ3) is 3.08. The number of hydrogen-bond acceptors (Lipinski definition) is 2. The second-order valence-electron chi connectivity index (χ2n) is 5.53. The predicted octanol–water partition coefficient (Wildman–Crippen LogP) is 5.52. The average Bonchev–Trinajstić information content (AvgIpc) is 2.79. The Kier molecular flexibility index (Phi) is 4.45. The first-order chi connectivity index (χ1) is 9.74. The molecule has 1 aromatic heterocycles. The summed E-state index contributed by atoms with van der Waals surface area (Å²) < 4.78 is 0.870. The van der Waals surface area contributed by atoms with E-state index >= 15 is 0 Å². The summed E-state index contributed by atoms with van der Waals surface area (Å²) in [6.07, 6.45) is 5.03. The van der Waals surface area contributed by atoms with Crippen LogP contribution in [0.15, 0.2) is 36.4 Å². The van der Waals surface area contributed by atoms with Gasteiger partial charge in [0.25, 0.3) is 0 Å². The Bertz CT molecular complexity index is 578. The number of rotatable bonds is 3. The minimum Gasteiger partial charge on any atom is -0.303 e. The molecule has 3 rings (SSSR count). The van der Waals surface area contributed by atoms with Crippen LogP contribution in [0.2, 0.25) is 4.34 Å². The molecule has 0 fully saturated rings. The molecule has 1 nitrogen and oxygen atoms in total. The van der Waals surface area contributed by atoms with Crippen molar-refractivity contribution in [1.82, 2.24) is 5.32 Å². The maximum Gasteiger partial charge on any atom is 0.0931 e. The summed E-state index contributed by atoms with van der Waals surface area (Å²) >= 11 is 7.72. The van der Waals surface area contributed by atoms with Crippen LogP contribution in [0.1, 0.15) is 54.3 Å². The van der Waals surface area contributed by atoms with Crippen molar-refractivity contribution in [2.24, 2.45) is 0 Å². The van der Waals surface area contributed by atoms with Gasteiger partial charge in [0.05, 0.1) is 4.34 Å². The second kappa shape index (κ2) is 6.30. The van der Waals surface area contributed by atoms with Crippen molar-refractivity contribution >= 4 is 22.9 Å². The number of fused-ring (bicyclic) bond motifs is 1. The van der Waals surface area contributed by atoms with E-state index in [0.717, 1.165) is 4.34 Å². The largest absolute Gasteiger partial charge is 0.303 e. The van der Waals surface area contributed by atoms with E-state index in [1.807, 2.05) is 6.07 Å². The number of benzene rings is 1. The normalized spacial score (nSPS) is 20.2. The van der Waals surface area contributed by atoms with Crippen molar-refractivity contribution in [2.45, 2.75) is 44.7 Å². The zero-order valence-corrected chi connectivity index (χ0v) is 13.3. The Morgan fingerprint density at radius 2 is 2.05 bits per heavy atom. The number of hydrogen-bond donors (Lipinski definition) is 1. The van der Waals surface area contributed by atoms with E-state index < -0.39 is 0 Å². The topological polar surface area (TPSA) is 12.0 Å². The van der Waals surface area contributed by atoms with Crippen LogP contribution in [0.25, 0.3) is 0 Å². The standard InChI is InChI=1S/C17H20ClNS/c1-12(16-10-11-17(18)20-16)19-15-9-5-3-7-13-6-2-4-8-14(13)15/h2,4,6,8,10-12,15,19H,3,5,7,9H2,1H3. The summed E-state index contributed by atoms with van der Waals surface area (Å²) in [7, 11) is 0. The van der Waals surface area contributed by atoms with Crippen LogP contribution in [0, 0.1) is 0 Å². The van der Waals surface area contributed by atoms with Gasteiger partial charge in [0.1, 0.15) is 0 Å². The van der Waals surface area contributed by atoms with Crippen molar-refractivity contribution < 1.29 is 0 Å². The maximum atomic E-state index is 6.05. The van der Waals surface area contributed by atoms with Gasteiger partial charge in [-0.1, -0.05) is 42.3 Å². The highest BCUT2D eigenvalue weighted by Gasteiger charge is 2.20. The Morgan fingerprint density at radius 3 is 2.85 bits per heavy atom. The number of aryl methyl sites for hydroxylation is 1. The lowest BCUT2D eigenvalue weighted by Crippen LogP contribution is -2.24. The molecule has 0 amide bonds. The summed E-state index contributed by atoms with van der Waals surface area (Å²) in [5, 5.41) is 3.80. The molecule has 0 saturated heterocycles. The lowest BCUT2D eigenvalue weighted by Gasteiger charge is -2.23. The molecule has 0 aliphatic heterocycles. The molecular weight excluding hydrogens is 286 g/mol. The van der Waals surface area contributed by atoms with Gasteiger partial charge in [-0.15, -0.1) is 11.3 Å². The summed E-state index contributed by atoms with van der Waals surface area (Å²) in [5.74, 6) is 0. The molecule has 0 bridgehead atoms. The second-order valence-corrected chi connectivity index (χ2v) is 7.27. The van der Waals surface area contributed by atoms with E-state index in [1.54, 1.807) is 11.3 Å². The molecular formula is C17H20ClNS. The fourth-order valence-corrected chi connectivity index (χ4v) is 4.11. The van der Waals surface area contributed by atoms with Gasteiger partial charge in [0.2, 0.25) is 0 Å². The van der Waals surface area contributed by atoms with Gasteiger partial charge in [-0.05, 0) is 49.4 Å². The minimum absolute atomic E-state index is 0.351. The summed E-state index contributed by atoms with van der Waals surface area (Å²) in [5.41, 5.74) is 3.00. The lowest BCUT2D eigenvalue weighted by atomic mass is 9.98. The van der Waals surface area contributed by atoms with Crippen molar-refractivity contribution in [3.05, 3.63) is 56.7 Å². The molecule has 3 heteroatoms. The molecule has 1 aliphatic rings. The summed E-state index contributed by atoms with van der Waals surface area (Å²) in [6, 6.07) is 13.8. The van der Waals surface area contributed by atoms with Gasteiger partial charge >= 0.3 is 0 Å². The first-order valence-electron chi connectivity index (χ1n) is 7.33. The van der Waals surface area contributed by atoms with Crippen molar-refractivity contribution in [2.75, 3.05) is 0 Å². The first-order valence-corrected chi connectivity index (χ1v) is 8.52. The van der Waals surface area contributed by atoms with E-state index in [1.165, 1.54) is 41.7 Å². The van der Waals surface area contributed by atoms with Gasteiger partial charge in [-0.25, -0.2) is 0 Å². The fourth-order valence-electron chi connectivity index (χ4n) is 3.04. The lowest BCUT2D eigenvalue weighted by molar-refractivity contribution is 0.441. The number of thiophene rings is 1. The molecule has 1 aliphatic carbocycles. The van der Waals surface area contributed by atoms with Crippen LogP contribution in [0.5, 0.6) is 0 Å². The van der Waals surface area contributed by atoms with E-state index in [4.69, 9.17) is 11.6 Å². The molecule has 1 aromatic carbocycles. The molecule has 0 radical (unpaired) electrons. The monoisotopic (exact) mass is 305 g/mol.